The van der Waals surface area contributed by atoms with Crippen molar-refractivity contribution >= 4 is 11.6 Å². The number of para-hydroxylation sites is 1. The largest absolute Gasteiger partial charge is 0.323 e. The summed E-state index contributed by atoms with van der Waals surface area (Å²) < 4.78 is 12.4. The number of hydrogen-bond acceptors (Lipinski definition) is 2. The summed E-state index contributed by atoms with van der Waals surface area (Å²) >= 11 is 0. The monoisotopic (exact) mass is 178 g/mol. The average Bonchev–Trinajstić information content (AvgIpc) is 2.18. The Labute approximate surface area is 74.8 Å². The Morgan fingerprint density at radius 2 is 2.08 bits per heavy atom. The van der Waals surface area contributed by atoms with E-state index in [4.69, 9.17) is 5.26 Å². The van der Waals surface area contributed by atoms with E-state index in [0.717, 1.165) is 0 Å². The van der Waals surface area contributed by atoms with Gasteiger partial charge in [0.15, 0.2) is 0 Å². The maximum absolute atomic E-state index is 12.4. The van der Waals surface area contributed by atoms with Gasteiger partial charge in [0.05, 0.1) is 0 Å². The number of anilines is 1. The molecule has 0 heterocycles. The second-order valence-electron chi connectivity index (χ2n) is 2.35. The van der Waals surface area contributed by atoms with Crippen molar-refractivity contribution in [2.24, 2.45) is 0 Å². The number of amides is 1. The highest BCUT2D eigenvalue weighted by Crippen LogP contribution is 2.05. The number of nitrogens with zero attached hydrogens (tertiary/aromatic N) is 1. The minimum absolute atomic E-state index is 0.477. The van der Waals surface area contributed by atoms with Gasteiger partial charge in [-0.15, -0.1) is 0 Å². The fourth-order valence-corrected chi connectivity index (χ4v) is 0.786. The summed E-state index contributed by atoms with van der Waals surface area (Å²) in [6, 6.07) is 9.61. The van der Waals surface area contributed by atoms with Crippen LogP contribution in [-0.2, 0) is 4.79 Å². The lowest BCUT2D eigenvalue weighted by Gasteiger charge is -2.02. The molecule has 1 aromatic rings. The van der Waals surface area contributed by atoms with E-state index in [1.165, 1.54) is 6.07 Å². The minimum Gasteiger partial charge on any atom is -0.323 e. The van der Waals surface area contributed by atoms with E-state index >= 15 is 0 Å². The fourth-order valence-electron chi connectivity index (χ4n) is 0.786. The zero-order valence-electron chi connectivity index (χ0n) is 6.70. The number of hydrogen-bond donors (Lipinski definition) is 1. The van der Waals surface area contributed by atoms with Gasteiger partial charge in [-0.25, -0.2) is 4.39 Å². The number of carbonyl (C=O) groups is 1. The van der Waals surface area contributed by atoms with E-state index in [0.29, 0.717) is 5.69 Å². The van der Waals surface area contributed by atoms with Crippen molar-refractivity contribution in [1.82, 2.24) is 0 Å². The van der Waals surface area contributed by atoms with Crippen molar-refractivity contribution in [3.63, 3.8) is 0 Å². The highest BCUT2D eigenvalue weighted by Gasteiger charge is 2.15. The first-order valence-corrected chi connectivity index (χ1v) is 3.63. The van der Waals surface area contributed by atoms with Crippen molar-refractivity contribution in [1.29, 1.82) is 5.26 Å². The molecule has 1 rings (SSSR count). The molecule has 13 heavy (non-hydrogen) atoms. The van der Waals surface area contributed by atoms with E-state index in [2.05, 4.69) is 5.32 Å². The van der Waals surface area contributed by atoms with Crippen LogP contribution in [-0.4, -0.2) is 12.1 Å². The molecule has 0 spiro atoms. The summed E-state index contributed by atoms with van der Waals surface area (Å²) in [4.78, 5) is 10.8. The molecule has 1 atom stereocenters. The summed E-state index contributed by atoms with van der Waals surface area (Å²) in [5.74, 6) is -0.936. The van der Waals surface area contributed by atoms with Crippen molar-refractivity contribution in [2.45, 2.75) is 6.17 Å². The third-order valence-electron chi connectivity index (χ3n) is 1.38. The first-order chi connectivity index (χ1) is 6.24. The fraction of sp³-hybridized carbons (Fsp3) is 0.111. The molecule has 3 nitrogen and oxygen atoms in total. The quantitative estimate of drug-likeness (QED) is 0.745. The molecule has 0 saturated carbocycles. The number of alkyl halides is 1. The molecule has 0 radical (unpaired) electrons. The van der Waals surface area contributed by atoms with E-state index in [9.17, 15) is 9.18 Å². The molecule has 1 amide bonds. The van der Waals surface area contributed by atoms with Crippen LogP contribution in [0.15, 0.2) is 30.3 Å². The zero-order valence-corrected chi connectivity index (χ0v) is 6.70. The van der Waals surface area contributed by atoms with Gasteiger partial charge in [0.25, 0.3) is 12.1 Å². The van der Waals surface area contributed by atoms with Gasteiger partial charge in [-0.1, -0.05) is 18.2 Å². The van der Waals surface area contributed by atoms with Crippen molar-refractivity contribution < 1.29 is 9.18 Å². The maximum Gasteiger partial charge on any atom is 0.273 e. The summed E-state index contributed by atoms with van der Waals surface area (Å²) in [5.41, 5.74) is 0.477. The SMILES string of the molecule is N#CC(F)C(=O)Nc1ccccc1. The van der Waals surface area contributed by atoms with Gasteiger partial charge in [-0.2, -0.15) is 5.26 Å². The molecule has 0 aliphatic rings. The van der Waals surface area contributed by atoms with Crippen LogP contribution in [0.1, 0.15) is 0 Å². The van der Waals surface area contributed by atoms with Crippen molar-refractivity contribution in [3.05, 3.63) is 30.3 Å². The highest BCUT2D eigenvalue weighted by atomic mass is 19.1. The Morgan fingerprint density at radius 3 is 2.62 bits per heavy atom. The Morgan fingerprint density at radius 1 is 1.46 bits per heavy atom. The predicted octanol–water partition coefficient (Wildman–Crippen LogP) is 1.49. The third kappa shape index (κ3) is 2.56. The standard InChI is InChI=1S/C9H7FN2O/c10-8(6-11)9(13)12-7-4-2-1-3-5-7/h1-5,8H,(H,12,13). The molecule has 1 aromatic carbocycles. The summed E-state index contributed by atoms with van der Waals surface area (Å²) in [7, 11) is 0. The van der Waals surface area contributed by atoms with Crippen LogP contribution in [0, 0.1) is 11.3 Å². The van der Waals surface area contributed by atoms with Gasteiger partial charge >= 0.3 is 0 Å². The van der Waals surface area contributed by atoms with E-state index in [1.807, 2.05) is 0 Å². The molecule has 0 aromatic heterocycles. The van der Waals surface area contributed by atoms with Crippen LogP contribution in [0.4, 0.5) is 10.1 Å². The average molecular weight is 178 g/mol. The molecule has 0 aliphatic carbocycles. The maximum atomic E-state index is 12.4. The lowest BCUT2D eigenvalue weighted by atomic mass is 10.3. The Kier molecular flexibility index (Phi) is 2.98. The van der Waals surface area contributed by atoms with Crippen LogP contribution in [0.3, 0.4) is 0 Å². The number of nitrogens with one attached hydrogen (secondary N) is 1. The Balaban J connectivity index is 2.62. The number of halogens is 1. The van der Waals surface area contributed by atoms with Gasteiger partial charge in [0.1, 0.15) is 6.07 Å². The molecule has 66 valence electrons. The number of rotatable bonds is 2. The topological polar surface area (TPSA) is 52.9 Å². The minimum atomic E-state index is -2.11. The summed E-state index contributed by atoms with van der Waals surface area (Å²) in [5, 5.41) is 10.4. The predicted molar refractivity (Wildman–Crippen MR) is 45.6 cm³/mol. The molecule has 0 fully saturated rings. The smallest absolute Gasteiger partial charge is 0.273 e. The van der Waals surface area contributed by atoms with Crippen LogP contribution in [0.2, 0.25) is 0 Å². The van der Waals surface area contributed by atoms with Gasteiger partial charge in [-0.05, 0) is 12.1 Å². The summed E-state index contributed by atoms with van der Waals surface area (Å²) in [6.07, 6.45) is -2.11. The molecular weight excluding hydrogens is 171 g/mol. The zero-order chi connectivity index (χ0) is 9.68. The molecule has 1 unspecified atom stereocenters. The number of nitriles is 1. The lowest BCUT2D eigenvalue weighted by molar-refractivity contribution is -0.119. The van der Waals surface area contributed by atoms with Gasteiger partial charge in [-0.3, -0.25) is 4.79 Å². The second kappa shape index (κ2) is 4.21. The summed E-state index contributed by atoms with van der Waals surface area (Å²) in [6.45, 7) is 0. The first-order valence-electron chi connectivity index (χ1n) is 3.63. The van der Waals surface area contributed by atoms with Crippen molar-refractivity contribution in [3.8, 4) is 6.07 Å². The first kappa shape index (κ1) is 9.20. The van der Waals surface area contributed by atoms with E-state index in [-0.39, 0.29) is 0 Å². The van der Waals surface area contributed by atoms with Crippen LogP contribution >= 0.6 is 0 Å². The Bertz CT molecular complexity index is 331. The molecule has 4 heteroatoms. The van der Waals surface area contributed by atoms with E-state index < -0.39 is 12.1 Å². The van der Waals surface area contributed by atoms with Crippen LogP contribution in [0.5, 0.6) is 0 Å². The van der Waals surface area contributed by atoms with Gasteiger partial charge < -0.3 is 5.32 Å². The highest BCUT2D eigenvalue weighted by molar-refractivity contribution is 5.95. The van der Waals surface area contributed by atoms with Gasteiger partial charge in [0, 0.05) is 5.69 Å². The molecule has 0 aliphatic heterocycles. The molecule has 0 bridgehead atoms. The lowest BCUT2D eigenvalue weighted by Crippen LogP contribution is -2.22. The van der Waals surface area contributed by atoms with Gasteiger partial charge in [0.2, 0.25) is 0 Å². The number of carbonyl (C=O) groups excluding carboxylic acids is 1. The molecule has 0 saturated heterocycles. The second-order valence-corrected chi connectivity index (χ2v) is 2.35. The molecular formula is C9H7FN2O. The van der Waals surface area contributed by atoms with Crippen LogP contribution < -0.4 is 5.32 Å². The van der Waals surface area contributed by atoms with Crippen LogP contribution in [0.25, 0.3) is 0 Å². The van der Waals surface area contributed by atoms with E-state index in [1.54, 1.807) is 30.3 Å². The number of benzene rings is 1. The van der Waals surface area contributed by atoms with Crippen molar-refractivity contribution in [2.75, 3.05) is 5.32 Å². The normalized spacial score (nSPS) is 11.4. The molecule has 1 N–H and O–H groups in total. The Hall–Kier alpha value is -1.89. The third-order valence-corrected chi connectivity index (χ3v) is 1.38.